The first-order chi connectivity index (χ1) is 57.4. The van der Waals surface area contributed by atoms with E-state index in [2.05, 4.69) is 26.0 Å². The molecule has 0 spiro atoms. The summed E-state index contributed by atoms with van der Waals surface area (Å²) >= 11 is 11.1. The van der Waals surface area contributed by atoms with Crippen LogP contribution < -0.4 is 18.9 Å². The molecule has 0 saturated carbocycles. The first-order valence-electron chi connectivity index (χ1n) is 37.4. The number of aromatic carboxylic acids is 1. The van der Waals surface area contributed by atoms with Crippen LogP contribution >= 0.6 is 23.2 Å². The Labute approximate surface area is 735 Å². The van der Waals surface area contributed by atoms with Crippen LogP contribution in [0.25, 0.3) is 0 Å². The van der Waals surface area contributed by atoms with E-state index in [0.717, 1.165) is 95.1 Å². The van der Waals surface area contributed by atoms with E-state index >= 15 is 0 Å². The SMILES string of the molecule is C1CCOC1.CCO.CCOC(=O)c1ccc(CCl)cc1.CCOC(=O)c1ccc(Cn2ccnc2)cc1.O.O/[N+](=C\c1ccc(Cn2ccnc2)cc1)c1ccccc1.O=C(O)c1ccc(CCl)cc1.O=CC1=C[C+]=C(Cn2ccnc2)C=C1.O=[N+]([O-])c1ccccc1.OCc1ccc(Cn2ccnc2)cc1.OCc1ccccc1.[2H]CF.[AlH3].[H-].[Li+]. The number of hydrogen-bond donors (Lipinski definition) is 5. The van der Waals surface area contributed by atoms with Gasteiger partial charge >= 0.3 is 36.8 Å². The molecule has 12 aromatic rings. The number of non-ortho nitro benzene ring substituents is 1. The maximum absolute atomic E-state index is 11.4. The van der Waals surface area contributed by atoms with Crippen molar-refractivity contribution in [1.29, 1.82) is 0 Å². The minimum atomic E-state index is -1.00. The summed E-state index contributed by atoms with van der Waals surface area (Å²) in [4.78, 5) is 68.9. The van der Waals surface area contributed by atoms with E-state index in [4.69, 9.17) is 59.2 Å². The zero-order valence-corrected chi connectivity index (χ0v) is 68.4. The number of nitrogens with zero attached hydrogens (tertiary/aromatic N) is 10. The fourth-order valence-electron chi connectivity index (χ4n) is 9.53. The Bertz CT molecular complexity index is 4780. The Morgan fingerprint density at radius 1 is 0.550 bits per heavy atom. The summed E-state index contributed by atoms with van der Waals surface area (Å²) in [6.07, 6.45) is 35.3. The maximum atomic E-state index is 11.4. The van der Waals surface area contributed by atoms with Gasteiger partial charge in [0.2, 0.25) is 12.5 Å². The van der Waals surface area contributed by atoms with Crippen molar-refractivity contribution in [3.8, 4) is 0 Å². The van der Waals surface area contributed by atoms with Crippen molar-refractivity contribution in [1.82, 2.24) is 38.2 Å². The number of nitro benzene ring substituents is 1. The fourth-order valence-corrected chi connectivity index (χ4v) is 9.89. The largest absolute Gasteiger partial charge is 1.00 e. The maximum Gasteiger partial charge on any atom is 1.00 e. The summed E-state index contributed by atoms with van der Waals surface area (Å²) in [5, 5.41) is 53.5. The second-order valence-electron chi connectivity index (χ2n) is 24.2. The molecule has 628 valence electrons. The number of esters is 2. The van der Waals surface area contributed by atoms with Gasteiger partial charge in [-0.3, -0.25) is 24.5 Å². The van der Waals surface area contributed by atoms with E-state index in [0.29, 0.717) is 47.2 Å². The summed E-state index contributed by atoms with van der Waals surface area (Å²) in [6.45, 7) is 11.7. The van der Waals surface area contributed by atoms with Crippen LogP contribution in [-0.2, 0) is 70.2 Å². The monoisotopic (exact) mass is 1690 g/mol. The summed E-state index contributed by atoms with van der Waals surface area (Å²) < 4.78 is 39.3. The second-order valence-corrected chi connectivity index (χ2v) is 24.7. The number of rotatable bonds is 21. The third kappa shape index (κ3) is 45.2. The summed E-state index contributed by atoms with van der Waals surface area (Å²) in [7, 11) is -1.00. The van der Waals surface area contributed by atoms with Crippen LogP contribution in [0.4, 0.5) is 15.8 Å². The van der Waals surface area contributed by atoms with Crippen molar-refractivity contribution in [3.63, 3.8) is 0 Å². The number of aldehydes is 1. The van der Waals surface area contributed by atoms with Crippen LogP contribution in [0.2, 0.25) is 0 Å². The molecule has 4 aromatic heterocycles. The van der Waals surface area contributed by atoms with Gasteiger partial charge in [0, 0.05) is 141 Å². The quantitative estimate of drug-likeness (QED) is 0.00426. The van der Waals surface area contributed by atoms with Gasteiger partial charge in [-0.05, 0) is 121 Å². The average Bonchev–Trinajstić information content (AvgIpc) is 1.19. The minimum Gasteiger partial charge on any atom is -1.00 e. The number of carboxylic acid groups (broad SMARTS) is 1. The molecular formula is C90H105AlCl2FLiN10O15+2. The molecule has 1 aliphatic heterocycles. The van der Waals surface area contributed by atoms with Crippen LogP contribution in [0.15, 0.2) is 317 Å². The number of nitro groups is 1. The van der Waals surface area contributed by atoms with Gasteiger partial charge in [-0.1, -0.05) is 140 Å². The number of carboxylic acids is 1. The molecule has 7 N–H and O–H groups in total. The van der Waals surface area contributed by atoms with Gasteiger partial charge in [-0.25, -0.2) is 34.3 Å². The van der Waals surface area contributed by atoms with E-state index in [1.54, 1.807) is 156 Å². The number of imidazole rings is 4. The average molecular weight is 1690 g/mol. The molecule has 25 nitrogen and oxygen atoms in total. The smallest absolute Gasteiger partial charge is 1.00 e. The van der Waals surface area contributed by atoms with Crippen LogP contribution in [0.3, 0.4) is 0 Å². The molecule has 120 heavy (non-hydrogen) atoms. The first-order valence-corrected chi connectivity index (χ1v) is 37.8. The molecule has 0 unspecified atom stereocenters. The minimum absolute atomic E-state index is 0. The van der Waals surface area contributed by atoms with E-state index in [1.807, 2.05) is 183 Å². The third-order valence-corrected chi connectivity index (χ3v) is 16.1. The zero-order valence-electron chi connectivity index (χ0n) is 68.9. The molecule has 0 amide bonds. The van der Waals surface area contributed by atoms with Crippen molar-refractivity contribution in [3.05, 3.63) is 394 Å². The summed E-state index contributed by atoms with van der Waals surface area (Å²) in [6, 6.07) is 63.8. The third-order valence-electron chi connectivity index (χ3n) is 15.5. The summed E-state index contributed by atoms with van der Waals surface area (Å²) in [5.41, 5.74) is 12.3. The normalized spacial score (nSPS) is 10.8. The molecule has 14 rings (SSSR count). The Balaban J connectivity index is 0.00000136. The standard InChI is InChI=1S/C17H16N3O.C13H14N2O2.C11H12N2O.C11H9N2O.C10H11ClO2.C8H7ClO2.C7H8O.C6H5NO2.C4H8O.C2H6O.CH3F.Al.Li.H2O.4H/c21-20(17-4-2-1-3-5-17)13-16-8-6-15(7-9-16)12-19-11-10-18-14-19;1-2-17-13(16)12-5-3-11(4-6-12)9-15-8-7-14-10-15;2*14-8-11-3-1-10(2-4-11)7-13-6-5-12-9-13;1-2-13-10(12)9-5-3-8(7-11)4-6-9;9-5-6-1-3-7(4-2-6)8(10)11;8-6-7-4-2-1-3-5-7;8-7(9)6-4-2-1-3-5-6;1-2-4-5-3-1;1-2-3;1-2;;;;;;;/h1-11,13-14,21H,12H2;3-8,10H,2,9H2,1H3;1-6,9,14H,7-8H2;1,3-6,8-9H,7H2;3-6H,2,7H2,1H3;1-4H,5H2,(H,10,11);1-5,8H,6H2;1-5H;1-4H2;3H,2H2,1H3;1H3;;;1H2;;;;/q+1;;;+1;;;;;;;;;+1;;;;;-1/b20-13-;;;;;;;;;;;;;;;;;/i;;;;;;;;;;1D;;;;;;;. The number of aliphatic hydroxyl groups is 3. The molecule has 0 atom stereocenters. The Morgan fingerprint density at radius 3 is 1.19 bits per heavy atom. The number of ether oxygens (including phenoxy) is 3. The van der Waals surface area contributed by atoms with Crippen molar-refractivity contribution in [2.24, 2.45) is 0 Å². The number of aromatic nitrogens is 8. The first kappa shape index (κ1) is 104. The molecule has 0 radical (unpaired) electrons. The molecule has 1 aliphatic carbocycles. The number of alkyl halides is 3. The van der Waals surface area contributed by atoms with Crippen LogP contribution in [0, 0.1) is 16.2 Å². The number of carbonyl (C=O) groups is 4. The van der Waals surface area contributed by atoms with E-state index in [1.165, 1.54) is 36.1 Å². The van der Waals surface area contributed by atoms with Gasteiger partial charge in [0.25, 0.3) is 11.4 Å². The van der Waals surface area contributed by atoms with Crippen molar-refractivity contribution in [2.75, 3.05) is 40.2 Å². The Kier molecular flexibility index (Phi) is 57.4. The molecule has 30 heteroatoms. The number of halogens is 3. The number of hydrogen-bond acceptors (Lipinski definition) is 17. The van der Waals surface area contributed by atoms with Gasteiger partial charge in [0.1, 0.15) is 17.2 Å². The van der Waals surface area contributed by atoms with E-state index in [-0.39, 0.29) is 80.6 Å². The van der Waals surface area contributed by atoms with Gasteiger partial charge in [0.15, 0.2) is 17.4 Å². The van der Waals surface area contributed by atoms with Crippen LogP contribution in [0.1, 0.15) is 112 Å². The molecule has 5 heterocycles. The molecule has 1 saturated heterocycles. The van der Waals surface area contributed by atoms with Crippen molar-refractivity contribution < 1.29 is 100 Å². The molecule has 1 fully saturated rings. The van der Waals surface area contributed by atoms with Gasteiger partial charge in [-0.15, -0.1) is 23.2 Å². The fraction of sp³-hybridized carbons (Fsp3) is 0.211. The molecule has 2 aliphatic rings. The summed E-state index contributed by atoms with van der Waals surface area (Å²) in [5.74, 6) is -0.598. The predicted octanol–water partition coefficient (Wildman–Crippen LogP) is 11.9. The van der Waals surface area contributed by atoms with Gasteiger partial charge in [0.05, 0.1) is 101 Å². The number of carbonyl (C=O) groups excluding carboxylic acids is 3. The van der Waals surface area contributed by atoms with Crippen molar-refractivity contribution >= 4 is 82.3 Å². The number of para-hydroxylation sites is 2. The number of benzene rings is 8. The molecule has 8 aromatic carbocycles. The van der Waals surface area contributed by atoms with E-state index < -0.39 is 18.0 Å². The van der Waals surface area contributed by atoms with Gasteiger partial charge < -0.3 is 59.8 Å². The number of aliphatic hydroxyl groups excluding tert-OH is 3. The van der Waals surface area contributed by atoms with Crippen LogP contribution in [0.5, 0.6) is 0 Å². The zero-order chi connectivity index (χ0) is 85.6. The van der Waals surface area contributed by atoms with E-state index in [9.17, 15) is 38.9 Å². The Morgan fingerprint density at radius 2 is 0.892 bits per heavy atom. The second kappa shape index (κ2) is 66.1. The molecular weight excluding hydrogens is 1580 g/mol. The van der Waals surface area contributed by atoms with Crippen LogP contribution in [-0.4, -0.2) is 167 Å². The van der Waals surface area contributed by atoms with Crippen molar-refractivity contribution in [2.45, 2.75) is 84.8 Å². The number of allylic oxidation sites excluding steroid dienone is 6. The topological polar surface area (TPSA) is 346 Å². The molecule has 0 bridgehead atoms. The Hall–Kier alpha value is -11.9. The predicted molar refractivity (Wildman–Crippen MR) is 466 cm³/mol. The van der Waals surface area contributed by atoms with Gasteiger partial charge in [-0.2, -0.15) is 0 Å².